The van der Waals surface area contributed by atoms with Crippen LogP contribution in [0.3, 0.4) is 0 Å². The number of aromatic nitrogens is 3. The molecule has 6 heteroatoms. The van der Waals surface area contributed by atoms with Gasteiger partial charge in [0.25, 0.3) is 0 Å². The third-order valence-electron chi connectivity index (χ3n) is 1.83. The highest BCUT2D eigenvalue weighted by Crippen LogP contribution is 2.15. The molecular formula is C7H8N4O2. The second-order valence-corrected chi connectivity index (χ2v) is 2.80. The van der Waals surface area contributed by atoms with Crippen molar-refractivity contribution < 1.29 is 9.90 Å². The van der Waals surface area contributed by atoms with Gasteiger partial charge in [-0.1, -0.05) is 0 Å². The highest BCUT2D eigenvalue weighted by Gasteiger charge is 2.30. The van der Waals surface area contributed by atoms with Crippen molar-refractivity contribution in [1.82, 2.24) is 15.0 Å². The smallest absolute Gasteiger partial charge is 0.235 e. The third-order valence-corrected chi connectivity index (χ3v) is 1.83. The SMILES string of the molecule is O=C1CC(O)CN1c1ncncn1. The summed E-state index contributed by atoms with van der Waals surface area (Å²) >= 11 is 0. The number of rotatable bonds is 1. The van der Waals surface area contributed by atoms with Crippen LogP contribution in [0.1, 0.15) is 6.42 Å². The minimum atomic E-state index is -0.607. The minimum Gasteiger partial charge on any atom is -0.391 e. The molecule has 6 nitrogen and oxygen atoms in total. The average Bonchev–Trinajstić information content (AvgIpc) is 2.47. The predicted octanol–water partition coefficient (Wildman–Crippen LogP) is -1.03. The maximum absolute atomic E-state index is 11.3. The van der Waals surface area contributed by atoms with E-state index in [9.17, 15) is 9.90 Å². The van der Waals surface area contributed by atoms with Crippen molar-refractivity contribution in [2.45, 2.75) is 12.5 Å². The van der Waals surface area contributed by atoms with Crippen molar-refractivity contribution in [2.24, 2.45) is 0 Å². The largest absolute Gasteiger partial charge is 0.391 e. The number of hydrogen-bond acceptors (Lipinski definition) is 5. The molecule has 0 saturated carbocycles. The van der Waals surface area contributed by atoms with Gasteiger partial charge in [0.2, 0.25) is 11.9 Å². The number of β-amino-alcohol motifs (C(OH)–C–C–N with tert-alkyl or cyclic N) is 1. The maximum atomic E-state index is 11.3. The van der Waals surface area contributed by atoms with Gasteiger partial charge in [0.1, 0.15) is 12.7 Å². The molecule has 1 N–H and O–H groups in total. The summed E-state index contributed by atoms with van der Waals surface area (Å²) in [6.45, 7) is 0.267. The Balaban J connectivity index is 2.23. The van der Waals surface area contributed by atoms with Gasteiger partial charge in [-0.3, -0.25) is 9.69 Å². The first-order valence-corrected chi connectivity index (χ1v) is 3.88. The van der Waals surface area contributed by atoms with Crippen LogP contribution in [0.25, 0.3) is 0 Å². The molecule has 2 rings (SSSR count). The summed E-state index contributed by atoms with van der Waals surface area (Å²) in [4.78, 5) is 23.9. The zero-order chi connectivity index (χ0) is 9.26. The Morgan fingerprint density at radius 1 is 1.46 bits per heavy atom. The van der Waals surface area contributed by atoms with E-state index in [2.05, 4.69) is 15.0 Å². The lowest BCUT2D eigenvalue weighted by Crippen LogP contribution is -2.27. The monoisotopic (exact) mass is 180 g/mol. The van der Waals surface area contributed by atoms with Gasteiger partial charge < -0.3 is 5.11 Å². The molecule has 13 heavy (non-hydrogen) atoms. The van der Waals surface area contributed by atoms with Gasteiger partial charge in [0, 0.05) is 0 Å². The number of anilines is 1. The molecule has 1 fully saturated rings. The molecule has 2 heterocycles. The Morgan fingerprint density at radius 3 is 2.69 bits per heavy atom. The standard InChI is InChI=1S/C7H8N4O2/c12-5-1-6(13)11(2-5)7-9-3-8-4-10-7/h3-5,12H,1-2H2. The van der Waals surface area contributed by atoms with Gasteiger partial charge in [-0.2, -0.15) is 0 Å². The van der Waals surface area contributed by atoms with E-state index in [0.717, 1.165) is 0 Å². The Morgan fingerprint density at radius 2 is 2.15 bits per heavy atom. The Kier molecular flexibility index (Phi) is 1.90. The summed E-state index contributed by atoms with van der Waals surface area (Å²) < 4.78 is 0. The highest BCUT2D eigenvalue weighted by atomic mass is 16.3. The van der Waals surface area contributed by atoms with E-state index in [0.29, 0.717) is 5.95 Å². The van der Waals surface area contributed by atoms with E-state index in [1.807, 2.05) is 0 Å². The number of hydrogen-bond donors (Lipinski definition) is 1. The van der Waals surface area contributed by atoms with E-state index < -0.39 is 6.10 Å². The van der Waals surface area contributed by atoms with Crippen LogP contribution in [-0.2, 0) is 4.79 Å². The first-order valence-electron chi connectivity index (χ1n) is 3.88. The molecule has 68 valence electrons. The summed E-state index contributed by atoms with van der Waals surface area (Å²) in [7, 11) is 0. The molecule has 1 aromatic heterocycles. The lowest BCUT2D eigenvalue weighted by Gasteiger charge is -2.11. The highest BCUT2D eigenvalue weighted by molar-refractivity contribution is 5.94. The summed E-state index contributed by atoms with van der Waals surface area (Å²) in [5, 5.41) is 9.20. The summed E-state index contributed by atoms with van der Waals surface area (Å²) in [6.07, 6.45) is 2.18. The number of nitrogens with zero attached hydrogens (tertiary/aromatic N) is 4. The Hall–Kier alpha value is -1.56. The number of amides is 1. The van der Waals surface area contributed by atoms with E-state index >= 15 is 0 Å². The average molecular weight is 180 g/mol. The van der Waals surface area contributed by atoms with Gasteiger partial charge in [-0.05, 0) is 0 Å². The molecule has 1 amide bonds. The van der Waals surface area contributed by atoms with Crippen LogP contribution in [0.4, 0.5) is 5.95 Å². The molecule has 1 aromatic rings. The zero-order valence-corrected chi connectivity index (χ0v) is 6.79. The van der Waals surface area contributed by atoms with Gasteiger partial charge in [-0.15, -0.1) is 0 Å². The van der Waals surface area contributed by atoms with Crippen LogP contribution in [0, 0.1) is 0 Å². The maximum Gasteiger partial charge on any atom is 0.235 e. The van der Waals surface area contributed by atoms with Crippen LogP contribution >= 0.6 is 0 Å². The predicted molar refractivity (Wildman–Crippen MR) is 42.8 cm³/mol. The van der Waals surface area contributed by atoms with Crippen molar-refractivity contribution >= 4 is 11.9 Å². The molecule has 0 aliphatic carbocycles. The molecule has 1 aliphatic rings. The van der Waals surface area contributed by atoms with Crippen molar-refractivity contribution in [3.63, 3.8) is 0 Å². The summed E-state index contributed by atoms with van der Waals surface area (Å²) in [6, 6.07) is 0. The van der Waals surface area contributed by atoms with E-state index in [1.165, 1.54) is 17.6 Å². The number of aliphatic hydroxyl groups excluding tert-OH is 1. The van der Waals surface area contributed by atoms with Crippen LogP contribution in [-0.4, -0.2) is 38.6 Å². The zero-order valence-electron chi connectivity index (χ0n) is 6.79. The minimum absolute atomic E-state index is 0.145. The Bertz CT molecular complexity index is 316. The third kappa shape index (κ3) is 1.48. The second-order valence-electron chi connectivity index (χ2n) is 2.80. The van der Waals surface area contributed by atoms with Gasteiger partial charge >= 0.3 is 0 Å². The lowest BCUT2D eigenvalue weighted by molar-refractivity contribution is -0.117. The molecule has 1 unspecified atom stereocenters. The molecular weight excluding hydrogens is 172 g/mol. The van der Waals surface area contributed by atoms with E-state index in [-0.39, 0.29) is 18.9 Å². The number of carbonyl (C=O) groups is 1. The number of carbonyl (C=O) groups excluding carboxylic acids is 1. The summed E-state index contributed by atoms with van der Waals surface area (Å²) in [5.41, 5.74) is 0. The normalized spacial score (nSPS) is 22.4. The quantitative estimate of drug-likeness (QED) is 0.597. The molecule has 0 radical (unpaired) electrons. The lowest BCUT2D eigenvalue weighted by atomic mass is 10.3. The second kappa shape index (κ2) is 3.06. The summed E-state index contributed by atoms with van der Waals surface area (Å²) in [5.74, 6) is 0.148. The van der Waals surface area contributed by atoms with Crippen molar-refractivity contribution in [2.75, 3.05) is 11.4 Å². The van der Waals surface area contributed by atoms with Crippen molar-refractivity contribution in [1.29, 1.82) is 0 Å². The first-order chi connectivity index (χ1) is 6.27. The van der Waals surface area contributed by atoms with Crippen molar-refractivity contribution in [3.8, 4) is 0 Å². The van der Waals surface area contributed by atoms with E-state index in [1.54, 1.807) is 0 Å². The van der Waals surface area contributed by atoms with Crippen LogP contribution < -0.4 is 4.90 Å². The fraction of sp³-hybridized carbons (Fsp3) is 0.429. The molecule has 1 saturated heterocycles. The van der Waals surface area contributed by atoms with Gasteiger partial charge in [0.15, 0.2) is 0 Å². The van der Waals surface area contributed by atoms with Crippen LogP contribution in [0.2, 0.25) is 0 Å². The topological polar surface area (TPSA) is 79.2 Å². The fourth-order valence-corrected chi connectivity index (χ4v) is 1.25. The Labute approximate surface area is 74.3 Å². The molecule has 0 spiro atoms. The molecule has 1 aliphatic heterocycles. The van der Waals surface area contributed by atoms with Crippen molar-refractivity contribution in [3.05, 3.63) is 12.7 Å². The molecule has 0 aromatic carbocycles. The number of aliphatic hydroxyl groups is 1. The van der Waals surface area contributed by atoms with Gasteiger partial charge in [0.05, 0.1) is 19.1 Å². The first kappa shape index (κ1) is 8.06. The molecule has 1 atom stereocenters. The van der Waals surface area contributed by atoms with E-state index in [4.69, 9.17) is 0 Å². The van der Waals surface area contributed by atoms with Gasteiger partial charge in [-0.25, -0.2) is 15.0 Å². The fourth-order valence-electron chi connectivity index (χ4n) is 1.25. The van der Waals surface area contributed by atoms with Crippen LogP contribution in [0.5, 0.6) is 0 Å². The molecule has 0 bridgehead atoms. The van der Waals surface area contributed by atoms with Crippen LogP contribution in [0.15, 0.2) is 12.7 Å².